The number of hydrogen-bond acceptors (Lipinski definition) is 19. The number of pyridine rings is 7. The van der Waals surface area contributed by atoms with Gasteiger partial charge in [0.25, 0.3) is 22.2 Å². The molecular formula is C97H112N22O5. The number of hydrogen-bond donors (Lipinski definition) is 1. The van der Waals surface area contributed by atoms with Crippen LogP contribution in [0.4, 0.5) is 5.69 Å². The number of aliphatic hydroxyl groups excluding tert-OH is 1. The molecule has 0 aromatic carbocycles. The Balaban J connectivity index is 0.000000117. The minimum atomic E-state index is -0.0986. The molecule has 4 fully saturated rings. The zero-order chi connectivity index (χ0) is 86.3. The molecule has 0 radical (unpaired) electrons. The summed E-state index contributed by atoms with van der Waals surface area (Å²) in [5, 5.41) is 13.8. The first-order valence-electron chi connectivity index (χ1n) is 44.1. The molecule has 20 heterocycles. The number of β-amino-alcohol motifs (C(OH)–C–C–N with tert-alkyl or cyclic N) is 1. The van der Waals surface area contributed by atoms with Crippen molar-refractivity contribution in [1.29, 1.82) is 0 Å². The summed E-state index contributed by atoms with van der Waals surface area (Å²) in [6.07, 6.45) is 30.3. The predicted octanol–water partition coefficient (Wildman–Crippen LogP) is 13.6. The van der Waals surface area contributed by atoms with Crippen LogP contribution >= 0.6 is 0 Å². The second-order valence-corrected chi connectivity index (χ2v) is 34.5. The van der Waals surface area contributed by atoms with Gasteiger partial charge in [0.1, 0.15) is 45.2 Å². The third-order valence-electron chi connectivity index (χ3n) is 25.4. The van der Waals surface area contributed by atoms with Gasteiger partial charge >= 0.3 is 0 Å². The molecule has 27 nitrogen and oxygen atoms in total. The molecule has 0 bridgehead atoms. The minimum absolute atomic E-state index is 0.0394. The lowest BCUT2D eigenvalue weighted by Gasteiger charge is -2.35. The van der Waals surface area contributed by atoms with E-state index in [-0.39, 0.29) is 28.8 Å². The van der Waals surface area contributed by atoms with Crippen LogP contribution in [-0.4, -0.2) is 203 Å². The maximum Gasteiger partial charge on any atom is 0.258 e. The Morgan fingerprint density at radius 3 is 1.18 bits per heavy atom. The molecule has 640 valence electrons. The number of piperazine rings is 1. The third-order valence-corrected chi connectivity index (χ3v) is 25.4. The maximum atomic E-state index is 13.0. The number of aliphatic hydroxyl groups is 1. The van der Waals surface area contributed by atoms with Crippen LogP contribution in [0.5, 0.6) is 0 Å². The van der Waals surface area contributed by atoms with Crippen LogP contribution in [0, 0.1) is 48.5 Å². The van der Waals surface area contributed by atoms with Crippen LogP contribution in [0.2, 0.25) is 0 Å². The van der Waals surface area contributed by atoms with E-state index in [9.17, 15) is 19.2 Å². The average molecular weight is 1670 g/mol. The van der Waals surface area contributed by atoms with Crippen molar-refractivity contribution in [1.82, 2.24) is 99.9 Å². The predicted molar refractivity (Wildman–Crippen MR) is 490 cm³/mol. The highest BCUT2D eigenvalue weighted by Gasteiger charge is 2.27. The van der Waals surface area contributed by atoms with Crippen molar-refractivity contribution in [3.63, 3.8) is 0 Å². The molecule has 0 spiro atoms. The van der Waals surface area contributed by atoms with Gasteiger partial charge in [0.15, 0.2) is 0 Å². The van der Waals surface area contributed by atoms with E-state index in [0.717, 1.165) is 220 Å². The van der Waals surface area contributed by atoms with E-state index in [1.165, 1.54) is 23.1 Å². The molecule has 0 unspecified atom stereocenters. The fourth-order valence-corrected chi connectivity index (χ4v) is 18.6. The van der Waals surface area contributed by atoms with Crippen LogP contribution in [0.25, 0.3) is 90.2 Å². The number of aromatic nitrogens is 17. The number of anilines is 1. The van der Waals surface area contributed by atoms with Crippen molar-refractivity contribution < 1.29 is 5.11 Å². The van der Waals surface area contributed by atoms with Crippen LogP contribution in [0.1, 0.15) is 159 Å². The molecule has 0 amide bonds. The van der Waals surface area contributed by atoms with E-state index in [4.69, 9.17) is 25.0 Å². The summed E-state index contributed by atoms with van der Waals surface area (Å²) in [5.74, 6) is 1.44. The summed E-state index contributed by atoms with van der Waals surface area (Å²) in [7, 11) is 0. The van der Waals surface area contributed by atoms with Crippen molar-refractivity contribution in [3.05, 3.63) is 268 Å². The smallest absolute Gasteiger partial charge is 0.258 e. The molecule has 0 saturated carbocycles. The van der Waals surface area contributed by atoms with Gasteiger partial charge in [-0.25, -0.2) is 39.4 Å². The summed E-state index contributed by atoms with van der Waals surface area (Å²) in [4.78, 5) is 101. The normalized spacial score (nSPS) is 15.7. The summed E-state index contributed by atoms with van der Waals surface area (Å²) < 4.78 is 14.5. The Labute approximate surface area is 720 Å². The van der Waals surface area contributed by atoms with Gasteiger partial charge in [0.2, 0.25) is 0 Å². The molecule has 16 aromatic rings. The van der Waals surface area contributed by atoms with E-state index in [0.29, 0.717) is 74.9 Å². The van der Waals surface area contributed by atoms with Crippen molar-refractivity contribution in [3.8, 4) is 45.2 Å². The van der Waals surface area contributed by atoms with E-state index in [2.05, 4.69) is 121 Å². The first-order valence-corrected chi connectivity index (χ1v) is 44.1. The molecule has 1 N–H and O–H groups in total. The monoisotopic (exact) mass is 1660 g/mol. The van der Waals surface area contributed by atoms with Crippen molar-refractivity contribution >= 4 is 50.7 Å². The van der Waals surface area contributed by atoms with Crippen LogP contribution in [0.15, 0.2) is 184 Å². The number of likely N-dealkylation sites (tertiary alicyclic amines) is 3. The Morgan fingerprint density at radius 2 is 0.766 bits per heavy atom. The molecule has 4 aliphatic heterocycles. The quantitative estimate of drug-likeness (QED) is 0.100. The largest absolute Gasteiger partial charge is 0.395 e. The lowest BCUT2D eigenvalue weighted by Crippen LogP contribution is -2.46. The topological polar surface area (TPSA) is 256 Å². The highest BCUT2D eigenvalue weighted by atomic mass is 16.3. The molecule has 0 atom stereocenters. The third kappa shape index (κ3) is 17.8. The molecule has 27 heteroatoms. The SMILES string of the molecule is CCCN1CCN(c2ccc3nc(-c4cc5c(CC)nc(C)cn5n4)cc(=O)n3c2)CC1.CCN1CCC(c2ccc3nc(-c4cc(C)c5nc(C)cn5c4)cc(=O)n3c2)CC1.Cc1cn2cc(-c3cc(=O)n4cc(C5CCN(C(C)C)CC5)ccc4n3)cc(C)c2n1.Cc1cn2cc(-c3cc(=O)n4cc(C5CCN(CCO)CC5)ccc4n3)cc(C)c2n1. The van der Waals surface area contributed by atoms with Crippen molar-refractivity contribution in [2.75, 3.05) is 96.6 Å². The van der Waals surface area contributed by atoms with Crippen LogP contribution in [0.3, 0.4) is 0 Å². The molecule has 124 heavy (non-hydrogen) atoms. The molecule has 16 aromatic heterocycles. The number of aryl methyl sites for hydroxylation is 8. The number of fused-ring (bicyclic) bond motifs is 8. The van der Waals surface area contributed by atoms with Gasteiger partial charge in [-0.05, 0) is 272 Å². The molecule has 4 saturated heterocycles. The van der Waals surface area contributed by atoms with Gasteiger partial charge in [-0.3, -0.25) is 46.7 Å². The lowest BCUT2D eigenvalue weighted by molar-refractivity contribution is 0.164. The summed E-state index contributed by atoms with van der Waals surface area (Å²) in [6, 6.07) is 31.5. The van der Waals surface area contributed by atoms with E-state index >= 15 is 0 Å². The van der Waals surface area contributed by atoms with Crippen LogP contribution < -0.4 is 27.1 Å². The van der Waals surface area contributed by atoms with Gasteiger partial charge < -0.3 is 37.9 Å². The molecule has 0 aliphatic carbocycles. The Hall–Kier alpha value is -12.3. The number of nitrogens with zero attached hydrogens (tertiary/aromatic N) is 22. The van der Waals surface area contributed by atoms with E-state index in [1.807, 2.05) is 171 Å². The Morgan fingerprint density at radius 1 is 0.379 bits per heavy atom. The van der Waals surface area contributed by atoms with Gasteiger partial charge in [-0.1, -0.05) is 39.0 Å². The highest BCUT2D eigenvalue weighted by molar-refractivity contribution is 5.70. The Kier molecular flexibility index (Phi) is 24.3. The zero-order valence-corrected chi connectivity index (χ0v) is 73.4. The highest BCUT2D eigenvalue weighted by Crippen LogP contribution is 2.34. The Bertz CT molecular complexity index is 6910. The van der Waals surface area contributed by atoms with E-state index < -0.39 is 0 Å². The summed E-state index contributed by atoms with van der Waals surface area (Å²) in [5.41, 5.74) is 24.9. The van der Waals surface area contributed by atoms with Crippen molar-refractivity contribution in [2.24, 2.45) is 0 Å². The average Bonchev–Trinajstić information content (AvgIpc) is 1.70. The number of rotatable bonds is 15. The van der Waals surface area contributed by atoms with Gasteiger partial charge in [0, 0.05) is 142 Å². The standard InChI is InChI=1S/C25H29N5O.C24H29N7O.C24H27N5O2.C24H27N5O/c1-16(2)28-9-7-19(8-10-28)20-5-6-23-27-22(12-24(31)30(23)15-20)21-11-17(3)25-26-18(4)13-29(25)14-21;1-4-8-28-9-11-29(12-10-28)18-6-7-23-26-20(14-24(32)30(23)16-18)21-13-22-19(5-2)25-17(3)15-31(22)27-21;1-16-11-20(14-28-13-17(2)25-24(16)28)21-12-23(31)29-15-19(3-4-22(29)26-21)18-5-7-27(8-6-18)9-10-30;1-4-27-9-7-18(8-10-27)19-5-6-22-26-21(12-23(30)29(22)15-19)20-11-16(2)24-25-17(3)13-28(24)14-20/h5-6,11-16,19H,7-10H2,1-4H3;6-7,13-16H,4-5,8-12H2,1-3H3;3-4,11-15,18,30H,5-10H2,1-2H3;5-6,11-15,18H,4,7-10H2,1-3H3. The lowest BCUT2D eigenvalue weighted by atomic mass is 9.90. The van der Waals surface area contributed by atoms with Gasteiger partial charge in [-0.15, -0.1) is 0 Å². The minimum Gasteiger partial charge on any atom is -0.395 e. The second-order valence-electron chi connectivity index (χ2n) is 34.5. The molecule has 20 rings (SSSR count). The van der Waals surface area contributed by atoms with Gasteiger partial charge in [0.05, 0.1) is 75.3 Å². The maximum absolute atomic E-state index is 13.0. The molecular weight excluding hydrogens is 1550 g/mol. The summed E-state index contributed by atoms with van der Waals surface area (Å²) >= 11 is 0. The van der Waals surface area contributed by atoms with E-state index in [1.54, 1.807) is 41.9 Å². The number of piperidine rings is 3. The molecule has 4 aliphatic rings. The number of imidazole rings is 3. The fraction of sp³-hybridized carbons (Fsp3) is 0.392. The van der Waals surface area contributed by atoms with Gasteiger partial charge in [-0.2, -0.15) is 5.10 Å². The first-order chi connectivity index (χ1) is 60.0. The fourth-order valence-electron chi connectivity index (χ4n) is 18.6. The second kappa shape index (κ2) is 35.9. The summed E-state index contributed by atoms with van der Waals surface area (Å²) in [6.45, 7) is 38.7. The van der Waals surface area contributed by atoms with Crippen molar-refractivity contribution in [2.45, 2.75) is 158 Å². The first kappa shape index (κ1) is 84.0. The zero-order valence-electron chi connectivity index (χ0n) is 73.4. The van der Waals surface area contributed by atoms with Crippen LogP contribution in [-0.2, 0) is 6.42 Å².